The average Bonchev–Trinajstić information content (AvgIpc) is 2.62. The summed E-state index contributed by atoms with van der Waals surface area (Å²) >= 11 is 0. The lowest BCUT2D eigenvalue weighted by Gasteiger charge is -2.14. The summed E-state index contributed by atoms with van der Waals surface area (Å²) in [6.45, 7) is 7.90. The third-order valence-corrected chi connectivity index (χ3v) is 4.11. The first-order valence-corrected chi connectivity index (χ1v) is 8.93. The van der Waals surface area contributed by atoms with Crippen LogP contribution in [0.15, 0.2) is 42.5 Å². The molecule has 0 saturated carbocycles. The van der Waals surface area contributed by atoms with Gasteiger partial charge in [0.2, 0.25) is 11.8 Å². The smallest absolute Gasteiger partial charge is 0.243 e. The van der Waals surface area contributed by atoms with E-state index in [-0.39, 0.29) is 24.3 Å². The van der Waals surface area contributed by atoms with Crippen molar-refractivity contribution in [3.63, 3.8) is 0 Å². The fourth-order valence-electron chi connectivity index (χ4n) is 2.56. The van der Waals surface area contributed by atoms with Gasteiger partial charge in [-0.2, -0.15) is 0 Å². The molecule has 2 rings (SSSR count). The van der Waals surface area contributed by atoms with Crippen LogP contribution in [0, 0.1) is 12.8 Å². The van der Waals surface area contributed by atoms with Crippen molar-refractivity contribution >= 4 is 28.9 Å². The van der Waals surface area contributed by atoms with E-state index in [0.29, 0.717) is 5.69 Å². The Hall–Kier alpha value is -2.82. The molecule has 0 aliphatic carbocycles. The summed E-state index contributed by atoms with van der Waals surface area (Å²) in [6.07, 6.45) is 0.863. The predicted octanol–water partition coefficient (Wildman–Crippen LogP) is 4.20. The third kappa shape index (κ3) is 5.34. The first-order valence-electron chi connectivity index (χ1n) is 8.93. The fraction of sp³-hybridized carbons (Fsp3) is 0.333. The third-order valence-electron chi connectivity index (χ3n) is 4.11. The number of benzene rings is 2. The number of carbonyl (C=O) groups excluding carboxylic acids is 2. The second-order valence-corrected chi connectivity index (χ2v) is 6.59. The van der Waals surface area contributed by atoms with Gasteiger partial charge < -0.3 is 16.0 Å². The van der Waals surface area contributed by atoms with Crippen LogP contribution in [0.5, 0.6) is 0 Å². The van der Waals surface area contributed by atoms with Crippen molar-refractivity contribution < 1.29 is 9.59 Å². The Morgan fingerprint density at radius 3 is 2.38 bits per heavy atom. The molecule has 0 fully saturated rings. The Kier molecular flexibility index (Phi) is 6.78. The number of nitrogens with one attached hydrogen (secondary N) is 3. The topological polar surface area (TPSA) is 70.2 Å². The molecule has 0 atom stereocenters. The molecule has 0 radical (unpaired) electrons. The van der Waals surface area contributed by atoms with Gasteiger partial charge in [0.15, 0.2) is 0 Å². The van der Waals surface area contributed by atoms with Gasteiger partial charge in [0.25, 0.3) is 0 Å². The van der Waals surface area contributed by atoms with Crippen molar-refractivity contribution in [2.75, 3.05) is 22.5 Å². The number of para-hydroxylation sites is 1. The monoisotopic (exact) mass is 353 g/mol. The van der Waals surface area contributed by atoms with Crippen molar-refractivity contribution in [2.45, 2.75) is 34.1 Å². The number of aryl methyl sites for hydroxylation is 2. The molecule has 2 aromatic rings. The van der Waals surface area contributed by atoms with Gasteiger partial charge in [0.05, 0.1) is 6.54 Å². The molecule has 0 saturated heterocycles. The highest BCUT2D eigenvalue weighted by molar-refractivity contribution is 5.95. The van der Waals surface area contributed by atoms with Crippen molar-refractivity contribution in [3.05, 3.63) is 53.6 Å². The number of carbonyl (C=O) groups is 2. The molecule has 0 spiro atoms. The number of anilines is 3. The van der Waals surface area contributed by atoms with Gasteiger partial charge in [-0.25, -0.2) is 0 Å². The quantitative estimate of drug-likeness (QED) is 0.698. The largest absolute Gasteiger partial charge is 0.376 e. The standard InChI is InChI=1S/C21H27N3O2/c1-5-16-9-6-8-15(4)20(16)24-19(25)13-22-17-10-7-11-18(12-17)23-21(26)14(2)3/h6-12,14,22H,5,13H2,1-4H3,(H,23,26)(H,24,25). The molecule has 138 valence electrons. The van der Waals surface area contributed by atoms with Crippen LogP contribution in [0.1, 0.15) is 31.9 Å². The van der Waals surface area contributed by atoms with Crippen LogP contribution in [-0.4, -0.2) is 18.4 Å². The first-order chi connectivity index (χ1) is 12.4. The maximum atomic E-state index is 12.3. The van der Waals surface area contributed by atoms with Gasteiger partial charge in [-0.1, -0.05) is 45.0 Å². The molecule has 2 aromatic carbocycles. The molecular formula is C21H27N3O2. The molecule has 0 aliphatic heterocycles. The minimum Gasteiger partial charge on any atom is -0.376 e. The zero-order chi connectivity index (χ0) is 19.1. The summed E-state index contributed by atoms with van der Waals surface area (Å²) in [7, 11) is 0. The zero-order valence-electron chi connectivity index (χ0n) is 15.8. The molecule has 0 aliphatic rings. The van der Waals surface area contributed by atoms with Crippen LogP contribution in [0.3, 0.4) is 0 Å². The Labute approximate surface area is 155 Å². The first kappa shape index (κ1) is 19.5. The van der Waals surface area contributed by atoms with E-state index in [2.05, 4.69) is 22.9 Å². The zero-order valence-corrected chi connectivity index (χ0v) is 15.8. The normalized spacial score (nSPS) is 10.5. The lowest BCUT2D eigenvalue weighted by atomic mass is 10.1. The lowest BCUT2D eigenvalue weighted by Crippen LogP contribution is -2.23. The van der Waals surface area contributed by atoms with E-state index >= 15 is 0 Å². The number of rotatable bonds is 7. The highest BCUT2D eigenvalue weighted by Crippen LogP contribution is 2.21. The summed E-state index contributed by atoms with van der Waals surface area (Å²) in [5.74, 6) is -0.226. The maximum absolute atomic E-state index is 12.3. The summed E-state index contributed by atoms with van der Waals surface area (Å²) in [5, 5.41) is 8.94. The Bertz CT molecular complexity index is 785. The van der Waals surface area contributed by atoms with Crippen LogP contribution in [0.4, 0.5) is 17.1 Å². The summed E-state index contributed by atoms with van der Waals surface area (Å²) in [4.78, 5) is 24.1. The van der Waals surface area contributed by atoms with Gasteiger partial charge in [0, 0.05) is 23.0 Å². The summed E-state index contributed by atoms with van der Waals surface area (Å²) in [5.41, 5.74) is 4.55. The summed E-state index contributed by atoms with van der Waals surface area (Å²) < 4.78 is 0. The molecule has 5 nitrogen and oxygen atoms in total. The van der Waals surface area contributed by atoms with Crippen molar-refractivity contribution in [1.82, 2.24) is 0 Å². The van der Waals surface area contributed by atoms with Gasteiger partial charge in [-0.15, -0.1) is 0 Å². The van der Waals surface area contributed by atoms with E-state index in [1.165, 1.54) is 0 Å². The molecular weight excluding hydrogens is 326 g/mol. The average molecular weight is 353 g/mol. The van der Waals surface area contributed by atoms with Crippen LogP contribution >= 0.6 is 0 Å². The minimum absolute atomic E-state index is 0.0356. The number of hydrogen-bond donors (Lipinski definition) is 3. The van der Waals surface area contributed by atoms with Crippen molar-refractivity contribution in [2.24, 2.45) is 5.92 Å². The van der Waals surface area contributed by atoms with Crippen LogP contribution in [0.2, 0.25) is 0 Å². The van der Waals surface area contributed by atoms with E-state index < -0.39 is 0 Å². The van der Waals surface area contributed by atoms with Crippen LogP contribution < -0.4 is 16.0 Å². The maximum Gasteiger partial charge on any atom is 0.243 e. The molecule has 26 heavy (non-hydrogen) atoms. The van der Waals surface area contributed by atoms with Gasteiger partial charge in [0.1, 0.15) is 0 Å². The highest BCUT2D eigenvalue weighted by Gasteiger charge is 2.10. The van der Waals surface area contributed by atoms with Gasteiger partial charge in [-0.05, 0) is 42.7 Å². The van der Waals surface area contributed by atoms with Crippen LogP contribution in [0.25, 0.3) is 0 Å². The van der Waals surface area contributed by atoms with Crippen molar-refractivity contribution in [1.29, 1.82) is 0 Å². The van der Waals surface area contributed by atoms with Crippen LogP contribution in [-0.2, 0) is 16.0 Å². The van der Waals surface area contributed by atoms with Crippen molar-refractivity contribution in [3.8, 4) is 0 Å². The molecule has 3 N–H and O–H groups in total. The highest BCUT2D eigenvalue weighted by atomic mass is 16.2. The predicted molar refractivity (Wildman–Crippen MR) is 108 cm³/mol. The van der Waals surface area contributed by atoms with E-state index in [4.69, 9.17) is 0 Å². The SMILES string of the molecule is CCc1cccc(C)c1NC(=O)CNc1cccc(NC(=O)C(C)C)c1. The summed E-state index contributed by atoms with van der Waals surface area (Å²) in [6, 6.07) is 13.4. The van der Waals surface area contributed by atoms with E-state index in [1.54, 1.807) is 0 Å². The minimum atomic E-state index is -0.106. The lowest BCUT2D eigenvalue weighted by molar-refractivity contribution is -0.119. The van der Waals surface area contributed by atoms with E-state index in [1.807, 2.05) is 63.2 Å². The second kappa shape index (κ2) is 9.04. The molecule has 5 heteroatoms. The van der Waals surface area contributed by atoms with E-state index in [9.17, 15) is 9.59 Å². The van der Waals surface area contributed by atoms with Gasteiger partial charge in [-0.3, -0.25) is 9.59 Å². The Morgan fingerprint density at radius 1 is 1.00 bits per heavy atom. The fourth-order valence-corrected chi connectivity index (χ4v) is 2.56. The molecule has 0 heterocycles. The second-order valence-electron chi connectivity index (χ2n) is 6.59. The molecule has 0 aromatic heterocycles. The number of amides is 2. The molecule has 0 unspecified atom stereocenters. The van der Waals surface area contributed by atoms with Gasteiger partial charge >= 0.3 is 0 Å². The Morgan fingerprint density at radius 2 is 1.69 bits per heavy atom. The molecule has 2 amide bonds. The van der Waals surface area contributed by atoms with E-state index in [0.717, 1.165) is 28.9 Å². The number of hydrogen-bond acceptors (Lipinski definition) is 3. The molecule has 0 bridgehead atoms. The Balaban J connectivity index is 1.97.